The lowest BCUT2D eigenvalue weighted by molar-refractivity contribution is -0.123. The van der Waals surface area contributed by atoms with Gasteiger partial charge in [-0.15, -0.1) is 0 Å². The van der Waals surface area contributed by atoms with Gasteiger partial charge < -0.3 is 4.57 Å². The molecule has 2 heterocycles. The first-order valence-electron chi connectivity index (χ1n) is 9.24. The number of imide groups is 1. The van der Waals surface area contributed by atoms with Crippen LogP contribution in [0, 0.1) is 5.82 Å². The number of carbonyl (C=O) groups is 2. The Labute approximate surface area is 190 Å². The second kappa shape index (κ2) is 8.21. The predicted octanol–water partition coefficient (Wildman–Crippen LogP) is 6.69. The molecule has 1 aliphatic rings. The molecule has 0 bridgehead atoms. The van der Waals surface area contributed by atoms with Crippen LogP contribution in [0.4, 0.5) is 9.18 Å². The van der Waals surface area contributed by atoms with Gasteiger partial charge in [0.05, 0.1) is 11.4 Å². The summed E-state index contributed by atoms with van der Waals surface area (Å²) in [6.45, 7) is 3.85. The molecule has 0 aliphatic carbocycles. The zero-order chi connectivity index (χ0) is 21.6. The molecule has 0 radical (unpaired) electrons. The van der Waals surface area contributed by atoms with Crippen molar-refractivity contribution >= 4 is 67.4 Å². The molecule has 1 saturated heterocycles. The maximum Gasteiger partial charge on any atom is 0.293 e. The van der Waals surface area contributed by atoms with Gasteiger partial charge >= 0.3 is 0 Å². The number of benzene rings is 2. The van der Waals surface area contributed by atoms with Crippen LogP contribution in [0.3, 0.4) is 0 Å². The minimum atomic E-state index is -0.374. The molecule has 154 valence electrons. The molecule has 0 N–H and O–H groups in total. The van der Waals surface area contributed by atoms with Crippen molar-refractivity contribution in [2.24, 2.45) is 0 Å². The van der Waals surface area contributed by atoms with Gasteiger partial charge in [-0.25, -0.2) is 4.39 Å². The zero-order valence-electron chi connectivity index (χ0n) is 16.2. The first kappa shape index (κ1) is 21.2. The normalized spacial score (nSPS) is 15.9. The topological polar surface area (TPSA) is 42.3 Å². The Kier molecular flexibility index (Phi) is 5.79. The fraction of sp³-hybridized carbons (Fsp3) is 0.182. The number of rotatable bonds is 4. The Bertz CT molecular complexity index is 1200. The third-order valence-corrected chi connectivity index (χ3v) is 6.62. The summed E-state index contributed by atoms with van der Waals surface area (Å²) >= 11 is 10.6. The van der Waals surface area contributed by atoms with Gasteiger partial charge in [-0.05, 0) is 62.0 Å². The summed E-state index contributed by atoms with van der Waals surface area (Å²) < 4.78 is 17.1. The van der Waals surface area contributed by atoms with Crippen LogP contribution in [0.15, 0.2) is 52.0 Å². The van der Waals surface area contributed by atoms with Gasteiger partial charge in [0.2, 0.25) is 0 Å². The van der Waals surface area contributed by atoms with E-state index in [-0.39, 0.29) is 29.6 Å². The molecule has 0 saturated carbocycles. The zero-order valence-corrected chi connectivity index (χ0v) is 19.3. The lowest BCUT2D eigenvalue weighted by Crippen LogP contribution is -2.34. The predicted molar refractivity (Wildman–Crippen MR) is 123 cm³/mol. The molecule has 0 spiro atoms. The fourth-order valence-corrected chi connectivity index (χ4v) is 5.00. The Morgan fingerprint density at radius 2 is 2.00 bits per heavy atom. The Morgan fingerprint density at radius 1 is 1.23 bits per heavy atom. The second-order valence-corrected chi connectivity index (χ2v) is 9.54. The first-order chi connectivity index (χ1) is 14.3. The largest absolute Gasteiger partial charge is 0.342 e. The summed E-state index contributed by atoms with van der Waals surface area (Å²) in [4.78, 5) is 26.5. The van der Waals surface area contributed by atoms with E-state index in [0.29, 0.717) is 15.5 Å². The van der Waals surface area contributed by atoms with Crippen molar-refractivity contribution in [2.45, 2.75) is 26.4 Å². The number of hydrogen-bond acceptors (Lipinski definition) is 3. The van der Waals surface area contributed by atoms with Crippen molar-refractivity contribution in [1.82, 2.24) is 9.47 Å². The van der Waals surface area contributed by atoms with E-state index in [2.05, 4.69) is 15.9 Å². The van der Waals surface area contributed by atoms with Crippen molar-refractivity contribution in [2.75, 3.05) is 0 Å². The van der Waals surface area contributed by atoms with E-state index in [1.807, 2.05) is 29.0 Å². The quantitative estimate of drug-likeness (QED) is 0.370. The van der Waals surface area contributed by atoms with Crippen molar-refractivity contribution < 1.29 is 14.0 Å². The number of amides is 2. The molecule has 30 heavy (non-hydrogen) atoms. The molecular weight excluding hydrogens is 491 g/mol. The molecule has 1 aromatic heterocycles. The van der Waals surface area contributed by atoms with Crippen LogP contribution < -0.4 is 0 Å². The van der Waals surface area contributed by atoms with Crippen LogP contribution in [0.1, 0.15) is 25.0 Å². The van der Waals surface area contributed by atoms with E-state index in [1.165, 1.54) is 11.0 Å². The Hall–Kier alpha value is -2.09. The minimum absolute atomic E-state index is 0.206. The first-order valence-corrected chi connectivity index (χ1v) is 11.2. The molecule has 1 fully saturated rings. The fourth-order valence-electron chi connectivity index (χ4n) is 3.46. The third kappa shape index (κ3) is 3.82. The van der Waals surface area contributed by atoms with Crippen LogP contribution in [-0.2, 0) is 11.3 Å². The maximum absolute atomic E-state index is 14.3. The summed E-state index contributed by atoms with van der Waals surface area (Å²) in [5.41, 5.74) is 2.03. The van der Waals surface area contributed by atoms with Gasteiger partial charge in [-0.1, -0.05) is 33.6 Å². The highest BCUT2D eigenvalue weighted by atomic mass is 79.9. The van der Waals surface area contributed by atoms with Crippen LogP contribution >= 0.6 is 39.3 Å². The molecule has 1 aliphatic heterocycles. The standard InChI is InChI=1S/C22H17BrClFN2O2S/c1-12(2)27-21(28)20(30-22(27)29)8-13-10-26(19-7-6-14(23)9-15(13)19)11-16-17(24)4-3-5-18(16)25/h3-10,12H,11H2,1-2H3/b20-8-. The van der Waals surface area contributed by atoms with E-state index < -0.39 is 0 Å². The number of thioether (sulfide) groups is 1. The molecule has 8 heteroatoms. The highest BCUT2D eigenvalue weighted by Gasteiger charge is 2.36. The number of halogens is 3. The molecule has 2 aromatic carbocycles. The highest BCUT2D eigenvalue weighted by molar-refractivity contribution is 9.10. The summed E-state index contributed by atoms with van der Waals surface area (Å²) in [7, 11) is 0. The van der Waals surface area contributed by atoms with E-state index in [0.717, 1.165) is 32.7 Å². The summed E-state index contributed by atoms with van der Waals surface area (Å²) in [6, 6.07) is 10.2. The van der Waals surface area contributed by atoms with Crippen LogP contribution in [0.2, 0.25) is 5.02 Å². The third-order valence-electron chi connectivity index (χ3n) is 4.89. The van der Waals surface area contributed by atoms with Gasteiger partial charge in [0.25, 0.3) is 11.1 Å². The van der Waals surface area contributed by atoms with Gasteiger partial charge in [-0.2, -0.15) is 0 Å². The lowest BCUT2D eigenvalue weighted by Gasteiger charge is -2.16. The van der Waals surface area contributed by atoms with Gasteiger partial charge in [0.15, 0.2) is 0 Å². The second-order valence-electron chi connectivity index (χ2n) is 7.22. The number of fused-ring (bicyclic) bond motifs is 1. The maximum atomic E-state index is 14.3. The van der Waals surface area contributed by atoms with E-state index in [1.54, 1.807) is 32.1 Å². The van der Waals surface area contributed by atoms with Crippen molar-refractivity contribution in [3.05, 3.63) is 73.9 Å². The lowest BCUT2D eigenvalue weighted by atomic mass is 10.1. The van der Waals surface area contributed by atoms with E-state index >= 15 is 0 Å². The molecule has 0 atom stereocenters. The van der Waals surface area contributed by atoms with Crippen LogP contribution in [0.25, 0.3) is 17.0 Å². The highest BCUT2D eigenvalue weighted by Crippen LogP contribution is 2.36. The Balaban J connectivity index is 1.81. The van der Waals surface area contributed by atoms with Crippen LogP contribution in [-0.4, -0.2) is 26.7 Å². The van der Waals surface area contributed by atoms with E-state index in [4.69, 9.17) is 11.6 Å². The molecule has 2 amide bonds. The molecule has 0 unspecified atom stereocenters. The van der Waals surface area contributed by atoms with Gasteiger partial charge in [0.1, 0.15) is 5.82 Å². The van der Waals surface area contributed by atoms with Crippen LogP contribution in [0.5, 0.6) is 0 Å². The van der Waals surface area contributed by atoms with Crippen molar-refractivity contribution in [3.63, 3.8) is 0 Å². The van der Waals surface area contributed by atoms with Gasteiger partial charge in [0, 0.05) is 43.8 Å². The number of carbonyl (C=O) groups excluding carboxylic acids is 2. The number of aromatic nitrogens is 1. The molecular formula is C22H17BrClFN2O2S. The van der Waals surface area contributed by atoms with Gasteiger partial charge in [-0.3, -0.25) is 14.5 Å². The van der Waals surface area contributed by atoms with E-state index in [9.17, 15) is 14.0 Å². The van der Waals surface area contributed by atoms with Crippen molar-refractivity contribution in [3.8, 4) is 0 Å². The average molecular weight is 508 g/mol. The SMILES string of the molecule is CC(C)N1C(=O)S/C(=C\c2cn(Cc3c(F)cccc3Cl)c3ccc(Br)cc23)C1=O. The number of nitrogens with zero attached hydrogens (tertiary/aromatic N) is 2. The molecule has 4 nitrogen and oxygen atoms in total. The summed E-state index contributed by atoms with van der Waals surface area (Å²) in [5.74, 6) is -0.672. The monoisotopic (exact) mass is 506 g/mol. The Morgan fingerprint density at radius 3 is 2.67 bits per heavy atom. The smallest absolute Gasteiger partial charge is 0.293 e. The average Bonchev–Trinajstić information content (AvgIpc) is 3.15. The number of hydrogen-bond donors (Lipinski definition) is 0. The molecule has 4 rings (SSSR count). The molecule has 3 aromatic rings. The summed E-state index contributed by atoms with van der Waals surface area (Å²) in [5, 5.41) is 0.964. The minimum Gasteiger partial charge on any atom is -0.342 e. The van der Waals surface area contributed by atoms with Crippen molar-refractivity contribution in [1.29, 1.82) is 0 Å². The summed E-state index contributed by atoms with van der Waals surface area (Å²) in [6.07, 6.45) is 3.57.